The minimum absolute atomic E-state index is 0.329. The molecule has 0 radical (unpaired) electrons. The van der Waals surface area contributed by atoms with Crippen molar-refractivity contribution in [2.24, 2.45) is 0 Å². The van der Waals surface area contributed by atoms with Gasteiger partial charge in [0.05, 0.1) is 5.92 Å². The molecule has 1 aromatic carbocycles. The van der Waals surface area contributed by atoms with Crippen LogP contribution in [-0.4, -0.2) is 19.8 Å². The van der Waals surface area contributed by atoms with E-state index in [9.17, 15) is 26.4 Å². The van der Waals surface area contributed by atoms with Crippen molar-refractivity contribution in [1.82, 2.24) is 4.72 Å². The second-order valence-electron chi connectivity index (χ2n) is 5.00. The van der Waals surface area contributed by atoms with E-state index < -0.39 is 27.4 Å². The number of fused-ring (bicyclic) bond motifs is 1. The summed E-state index contributed by atoms with van der Waals surface area (Å²) in [6.07, 6.45) is 1.69. The highest BCUT2D eigenvalue weighted by Crippen LogP contribution is 2.34. The van der Waals surface area contributed by atoms with Gasteiger partial charge in [0.1, 0.15) is 0 Å². The van der Waals surface area contributed by atoms with Crippen molar-refractivity contribution >= 4 is 15.9 Å². The Balaban J connectivity index is 2.30. The maximum Gasteiger partial charge on any atom is 0.516 e. The van der Waals surface area contributed by atoms with Crippen LogP contribution >= 0.6 is 0 Å². The van der Waals surface area contributed by atoms with E-state index >= 15 is 0 Å². The lowest BCUT2D eigenvalue weighted by atomic mass is 9.80. The predicted octanol–water partition coefficient (Wildman–Crippen LogP) is 2.38. The summed E-state index contributed by atoms with van der Waals surface area (Å²) in [5.41, 5.74) is -3.03. The molecule has 0 heterocycles. The fourth-order valence-corrected chi connectivity index (χ4v) is 3.09. The van der Waals surface area contributed by atoms with Gasteiger partial charge in [-0.25, -0.2) is 4.72 Å². The molecule has 1 aromatic rings. The topological polar surface area (TPSA) is 63.2 Å². The second kappa shape index (κ2) is 5.32. The molecule has 0 spiro atoms. The first-order valence-electron chi connectivity index (χ1n) is 6.35. The van der Waals surface area contributed by atoms with Crippen molar-refractivity contribution in [2.45, 2.75) is 37.6 Å². The molecule has 8 heteroatoms. The average molecular weight is 321 g/mol. The molecule has 1 unspecified atom stereocenters. The van der Waals surface area contributed by atoms with Crippen LogP contribution in [-0.2, 0) is 21.2 Å². The molecular weight excluding hydrogens is 307 g/mol. The molecule has 1 atom stereocenters. The fourth-order valence-electron chi connectivity index (χ4n) is 2.57. The third-order valence-electron chi connectivity index (χ3n) is 3.60. The Morgan fingerprint density at radius 2 is 2.00 bits per heavy atom. The number of benzene rings is 1. The standard InChI is InChI=1S/C13H14F3NO3S/c1-8-4-2-6-10-9(8)5-3-7-11(10)12(18)17-21(19,20)13(14,15)16/h2,4,6,11H,3,5,7H2,1H3,(H,17,18). The van der Waals surface area contributed by atoms with Gasteiger partial charge in [0, 0.05) is 0 Å². The van der Waals surface area contributed by atoms with Gasteiger partial charge in [0.2, 0.25) is 5.91 Å². The van der Waals surface area contributed by atoms with E-state index in [1.807, 2.05) is 13.0 Å². The van der Waals surface area contributed by atoms with Gasteiger partial charge < -0.3 is 0 Å². The lowest BCUT2D eigenvalue weighted by Crippen LogP contribution is -2.43. The molecule has 4 nitrogen and oxygen atoms in total. The molecular formula is C13H14F3NO3S. The fraction of sp³-hybridized carbons (Fsp3) is 0.462. The van der Waals surface area contributed by atoms with Crippen LogP contribution in [0.4, 0.5) is 13.2 Å². The minimum atomic E-state index is -5.66. The summed E-state index contributed by atoms with van der Waals surface area (Å²) in [6, 6.07) is 5.22. The highest BCUT2D eigenvalue weighted by molar-refractivity contribution is 7.90. The van der Waals surface area contributed by atoms with Crippen LogP contribution in [0, 0.1) is 6.92 Å². The quantitative estimate of drug-likeness (QED) is 0.909. The van der Waals surface area contributed by atoms with Gasteiger partial charge in [0.15, 0.2) is 0 Å². The lowest BCUT2D eigenvalue weighted by molar-refractivity contribution is -0.121. The molecule has 2 rings (SSSR count). The van der Waals surface area contributed by atoms with E-state index in [1.54, 1.807) is 12.1 Å². The Labute approximate surface area is 120 Å². The number of carbonyl (C=O) groups is 1. The van der Waals surface area contributed by atoms with Crippen molar-refractivity contribution in [1.29, 1.82) is 0 Å². The van der Waals surface area contributed by atoms with Gasteiger partial charge in [-0.2, -0.15) is 21.6 Å². The largest absolute Gasteiger partial charge is 0.516 e. The third-order valence-corrected chi connectivity index (χ3v) is 4.68. The predicted molar refractivity (Wildman–Crippen MR) is 70.0 cm³/mol. The summed E-state index contributed by atoms with van der Waals surface area (Å²) in [5, 5.41) is 0. The molecule has 1 aliphatic rings. The van der Waals surface area contributed by atoms with Crippen molar-refractivity contribution < 1.29 is 26.4 Å². The van der Waals surface area contributed by atoms with Gasteiger partial charge in [-0.15, -0.1) is 0 Å². The first-order valence-corrected chi connectivity index (χ1v) is 7.83. The van der Waals surface area contributed by atoms with Crippen LogP contribution in [0.5, 0.6) is 0 Å². The number of rotatable bonds is 2. The molecule has 0 saturated heterocycles. The van der Waals surface area contributed by atoms with E-state index in [1.165, 1.54) is 0 Å². The zero-order valence-electron chi connectivity index (χ0n) is 11.2. The normalized spacial score (nSPS) is 19.0. The Morgan fingerprint density at radius 3 is 2.62 bits per heavy atom. The molecule has 0 aliphatic heterocycles. The number of hydrogen-bond donors (Lipinski definition) is 1. The molecule has 0 aromatic heterocycles. The van der Waals surface area contributed by atoms with Crippen LogP contribution < -0.4 is 4.72 Å². The highest BCUT2D eigenvalue weighted by Gasteiger charge is 2.47. The zero-order chi connectivity index (χ0) is 15.8. The Morgan fingerprint density at radius 1 is 1.33 bits per heavy atom. The average Bonchev–Trinajstić information content (AvgIpc) is 2.36. The Kier molecular flexibility index (Phi) is 4.01. The molecule has 0 saturated carbocycles. The molecule has 0 bridgehead atoms. The van der Waals surface area contributed by atoms with Crippen LogP contribution in [0.1, 0.15) is 35.4 Å². The first kappa shape index (κ1) is 15.8. The highest BCUT2D eigenvalue weighted by atomic mass is 32.2. The maximum absolute atomic E-state index is 12.3. The second-order valence-corrected chi connectivity index (χ2v) is 6.68. The summed E-state index contributed by atoms with van der Waals surface area (Å²) in [6.45, 7) is 1.85. The van der Waals surface area contributed by atoms with Crippen LogP contribution in [0.15, 0.2) is 18.2 Å². The summed E-state index contributed by atoms with van der Waals surface area (Å²) >= 11 is 0. The number of aryl methyl sites for hydroxylation is 1. The van der Waals surface area contributed by atoms with E-state index in [0.717, 1.165) is 22.3 Å². The zero-order valence-corrected chi connectivity index (χ0v) is 12.0. The smallest absolute Gasteiger partial charge is 0.273 e. The van der Waals surface area contributed by atoms with E-state index in [-0.39, 0.29) is 0 Å². The Bertz CT molecular complexity index is 668. The van der Waals surface area contributed by atoms with Crippen molar-refractivity contribution in [3.63, 3.8) is 0 Å². The first-order chi connectivity index (χ1) is 9.63. The summed E-state index contributed by atoms with van der Waals surface area (Å²) < 4.78 is 60.1. The summed E-state index contributed by atoms with van der Waals surface area (Å²) in [7, 11) is -5.66. The van der Waals surface area contributed by atoms with Gasteiger partial charge in [-0.05, 0) is 42.9 Å². The van der Waals surface area contributed by atoms with E-state index in [0.29, 0.717) is 18.4 Å². The third kappa shape index (κ3) is 3.04. The van der Waals surface area contributed by atoms with Crippen molar-refractivity contribution in [3.8, 4) is 0 Å². The monoisotopic (exact) mass is 321 g/mol. The number of amides is 1. The van der Waals surface area contributed by atoms with Crippen LogP contribution in [0.2, 0.25) is 0 Å². The molecule has 1 N–H and O–H groups in total. The summed E-state index contributed by atoms with van der Waals surface area (Å²) in [5.74, 6) is -2.00. The lowest BCUT2D eigenvalue weighted by Gasteiger charge is -2.26. The number of carbonyl (C=O) groups excluding carboxylic acids is 1. The number of hydrogen-bond acceptors (Lipinski definition) is 3. The molecule has 1 amide bonds. The SMILES string of the molecule is Cc1cccc2c1CCCC2C(=O)NS(=O)(=O)C(F)(F)F. The number of sulfonamides is 1. The van der Waals surface area contributed by atoms with Gasteiger partial charge in [-0.1, -0.05) is 18.2 Å². The van der Waals surface area contributed by atoms with Gasteiger partial charge >= 0.3 is 15.5 Å². The maximum atomic E-state index is 12.3. The number of nitrogens with one attached hydrogen (secondary N) is 1. The van der Waals surface area contributed by atoms with Crippen molar-refractivity contribution in [3.05, 3.63) is 34.9 Å². The van der Waals surface area contributed by atoms with Crippen LogP contribution in [0.3, 0.4) is 0 Å². The van der Waals surface area contributed by atoms with Gasteiger partial charge in [-0.3, -0.25) is 4.79 Å². The Hall–Kier alpha value is -1.57. The minimum Gasteiger partial charge on any atom is -0.273 e. The van der Waals surface area contributed by atoms with Gasteiger partial charge in [0.25, 0.3) is 0 Å². The van der Waals surface area contributed by atoms with Crippen molar-refractivity contribution in [2.75, 3.05) is 0 Å². The molecule has 1 aliphatic carbocycles. The number of alkyl halides is 3. The molecule has 116 valence electrons. The molecule has 21 heavy (non-hydrogen) atoms. The molecule has 0 fully saturated rings. The summed E-state index contributed by atoms with van der Waals surface area (Å²) in [4.78, 5) is 11.9. The van der Waals surface area contributed by atoms with Crippen LogP contribution in [0.25, 0.3) is 0 Å². The van der Waals surface area contributed by atoms with E-state index in [4.69, 9.17) is 0 Å². The van der Waals surface area contributed by atoms with E-state index in [2.05, 4.69) is 0 Å². The number of halogens is 3.